The van der Waals surface area contributed by atoms with E-state index in [9.17, 15) is 0 Å². The Balaban J connectivity index is 0.000000450. The highest BCUT2D eigenvalue weighted by atomic mass is 16.2. The maximum absolute atomic E-state index is 7.57. The highest BCUT2D eigenvalue weighted by Crippen LogP contribution is 2.17. The molecule has 17 heavy (non-hydrogen) atoms. The smallest absolute Gasteiger partial charge is 0.0402 e. The first-order valence-electron chi connectivity index (χ1n) is 5.43. The van der Waals surface area contributed by atoms with Crippen molar-refractivity contribution in [3.8, 4) is 11.1 Å². The zero-order valence-corrected chi connectivity index (χ0v) is 10.1. The molecule has 2 rings (SSSR count). The van der Waals surface area contributed by atoms with Gasteiger partial charge in [0.25, 0.3) is 0 Å². The van der Waals surface area contributed by atoms with Crippen molar-refractivity contribution in [1.29, 1.82) is 0 Å². The van der Waals surface area contributed by atoms with E-state index >= 15 is 0 Å². The Morgan fingerprint density at radius 1 is 0.765 bits per heavy atom. The average Bonchev–Trinajstić information content (AvgIpc) is 2.44. The zero-order valence-electron chi connectivity index (χ0n) is 10.1. The van der Waals surface area contributed by atoms with Crippen molar-refractivity contribution in [2.75, 3.05) is 6.61 Å². The molecular weight excluding hydrogens is 212 g/mol. The van der Waals surface area contributed by atoms with Gasteiger partial charge in [0.15, 0.2) is 0 Å². The topological polar surface area (TPSA) is 72.3 Å². The number of rotatable bonds is 1. The summed E-state index contributed by atoms with van der Waals surface area (Å²) in [6, 6.07) is 20.8. The number of hydrogen-bond acceptors (Lipinski definition) is 3. The van der Waals surface area contributed by atoms with E-state index in [1.54, 1.807) is 6.92 Å². The molecule has 2 aromatic rings. The Hall–Kier alpha value is -1.68. The van der Waals surface area contributed by atoms with Crippen molar-refractivity contribution >= 4 is 0 Å². The van der Waals surface area contributed by atoms with Crippen LogP contribution in [0.25, 0.3) is 11.1 Å². The molecule has 0 aliphatic rings. The summed E-state index contributed by atoms with van der Waals surface area (Å²) in [6.45, 7) is 1.93. The van der Waals surface area contributed by atoms with Crippen LogP contribution >= 0.6 is 0 Å². The number of hydrazine groups is 1. The van der Waals surface area contributed by atoms with Crippen LogP contribution in [0.5, 0.6) is 0 Å². The van der Waals surface area contributed by atoms with Crippen LogP contribution in [0.1, 0.15) is 6.92 Å². The standard InChI is InChI=1S/C12H10.C2H6O.H4N2/c1-3-7-11(8-4-1)12-9-5-2-6-10-12;1-2-3;1-2/h1-10H;3H,2H2,1H3;1-2H2. The van der Waals surface area contributed by atoms with E-state index in [2.05, 4.69) is 60.2 Å². The molecule has 0 aliphatic heterocycles. The van der Waals surface area contributed by atoms with Crippen molar-refractivity contribution < 1.29 is 5.11 Å². The molecule has 2 aromatic carbocycles. The van der Waals surface area contributed by atoms with Gasteiger partial charge in [-0.05, 0) is 18.1 Å². The van der Waals surface area contributed by atoms with Gasteiger partial charge in [-0.1, -0.05) is 60.7 Å². The van der Waals surface area contributed by atoms with Crippen molar-refractivity contribution in [2.24, 2.45) is 11.7 Å². The fraction of sp³-hybridized carbons (Fsp3) is 0.143. The zero-order chi connectivity index (χ0) is 12.9. The van der Waals surface area contributed by atoms with Gasteiger partial charge in [-0.25, -0.2) is 0 Å². The minimum Gasteiger partial charge on any atom is -0.397 e. The highest BCUT2D eigenvalue weighted by Gasteiger charge is 1.91. The fourth-order valence-corrected chi connectivity index (χ4v) is 1.26. The monoisotopic (exact) mass is 232 g/mol. The van der Waals surface area contributed by atoms with Gasteiger partial charge in [-0.15, -0.1) is 0 Å². The summed E-state index contributed by atoms with van der Waals surface area (Å²) in [5.41, 5.74) is 2.55. The van der Waals surface area contributed by atoms with Crippen LogP contribution in [0, 0.1) is 0 Å². The lowest BCUT2D eigenvalue weighted by Crippen LogP contribution is -2.02. The summed E-state index contributed by atoms with van der Waals surface area (Å²) in [5.74, 6) is 8.00. The van der Waals surface area contributed by atoms with Gasteiger partial charge >= 0.3 is 0 Å². The number of hydrogen-bond donors (Lipinski definition) is 3. The average molecular weight is 232 g/mol. The van der Waals surface area contributed by atoms with E-state index in [4.69, 9.17) is 5.11 Å². The molecule has 0 saturated heterocycles. The van der Waals surface area contributed by atoms with Gasteiger partial charge in [-0.3, -0.25) is 11.7 Å². The van der Waals surface area contributed by atoms with Crippen LogP contribution in [0.2, 0.25) is 0 Å². The number of benzene rings is 2. The molecule has 0 saturated carbocycles. The lowest BCUT2D eigenvalue weighted by Gasteiger charge is -1.98. The first-order chi connectivity index (χ1) is 8.38. The quantitative estimate of drug-likeness (QED) is 0.521. The van der Waals surface area contributed by atoms with Crippen molar-refractivity contribution in [3.05, 3.63) is 60.7 Å². The summed E-state index contributed by atoms with van der Waals surface area (Å²) in [7, 11) is 0. The van der Waals surface area contributed by atoms with Crippen molar-refractivity contribution in [2.45, 2.75) is 6.92 Å². The molecule has 0 aromatic heterocycles. The number of nitrogens with two attached hydrogens (primary N) is 2. The molecule has 0 amide bonds. The van der Waals surface area contributed by atoms with Crippen LogP contribution < -0.4 is 11.7 Å². The second-order valence-corrected chi connectivity index (χ2v) is 3.05. The summed E-state index contributed by atoms with van der Waals surface area (Å²) in [5, 5.41) is 7.57. The number of aliphatic hydroxyl groups excluding tert-OH is 1. The second-order valence-electron chi connectivity index (χ2n) is 3.05. The molecule has 0 atom stereocenters. The minimum atomic E-state index is 0.250. The van der Waals surface area contributed by atoms with Crippen LogP contribution in [0.15, 0.2) is 60.7 Å². The Bertz CT molecular complexity index is 325. The maximum atomic E-state index is 7.57. The fourth-order valence-electron chi connectivity index (χ4n) is 1.26. The Kier molecular flexibility index (Phi) is 9.76. The van der Waals surface area contributed by atoms with Gasteiger partial charge < -0.3 is 5.11 Å². The molecule has 3 nitrogen and oxygen atoms in total. The molecule has 0 unspecified atom stereocenters. The first kappa shape index (κ1) is 15.3. The van der Waals surface area contributed by atoms with Crippen molar-refractivity contribution in [3.63, 3.8) is 0 Å². The van der Waals surface area contributed by atoms with Gasteiger partial charge in [0.2, 0.25) is 0 Å². The Morgan fingerprint density at radius 2 is 1.00 bits per heavy atom. The molecule has 0 radical (unpaired) electrons. The van der Waals surface area contributed by atoms with Crippen LogP contribution in [-0.4, -0.2) is 11.7 Å². The van der Waals surface area contributed by atoms with Gasteiger partial charge in [0.1, 0.15) is 0 Å². The Labute approximate surface area is 103 Å². The predicted octanol–water partition coefficient (Wildman–Crippen LogP) is 2.17. The molecular formula is C14H20N2O. The second kappa shape index (κ2) is 10.8. The highest BCUT2D eigenvalue weighted by molar-refractivity contribution is 5.62. The first-order valence-corrected chi connectivity index (χ1v) is 5.43. The van der Waals surface area contributed by atoms with E-state index in [-0.39, 0.29) is 6.61 Å². The van der Waals surface area contributed by atoms with Gasteiger partial charge in [0.05, 0.1) is 0 Å². The van der Waals surface area contributed by atoms with E-state index in [0.717, 1.165) is 0 Å². The van der Waals surface area contributed by atoms with Crippen LogP contribution in [0.4, 0.5) is 0 Å². The molecule has 0 aliphatic carbocycles. The van der Waals surface area contributed by atoms with Gasteiger partial charge in [0, 0.05) is 6.61 Å². The lowest BCUT2D eigenvalue weighted by atomic mass is 10.1. The molecule has 0 bridgehead atoms. The summed E-state index contributed by atoms with van der Waals surface area (Å²) in [4.78, 5) is 0. The van der Waals surface area contributed by atoms with Gasteiger partial charge in [-0.2, -0.15) is 0 Å². The molecule has 5 N–H and O–H groups in total. The van der Waals surface area contributed by atoms with E-state index in [1.807, 2.05) is 12.1 Å². The third-order valence-electron chi connectivity index (χ3n) is 1.88. The predicted molar refractivity (Wildman–Crippen MR) is 73.0 cm³/mol. The third-order valence-corrected chi connectivity index (χ3v) is 1.88. The van der Waals surface area contributed by atoms with E-state index in [1.165, 1.54) is 11.1 Å². The largest absolute Gasteiger partial charge is 0.397 e. The summed E-state index contributed by atoms with van der Waals surface area (Å²) < 4.78 is 0. The molecule has 0 fully saturated rings. The summed E-state index contributed by atoms with van der Waals surface area (Å²) in [6.07, 6.45) is 0. The van der Waals surface area contributed by atoms with Crippen LogP contribution in [0.3, 0.4) is 0 Å². The normalized spacial score (nSPS) is 8.24. The van der Waals surface area contributed by atoms with E-state index in [0.29, 0.717) is 0 Å². The SMILES string of the molecule is CCO.NN.c1ccc(-c2ccccc2)cc1. The Morgan fingerprint density at radius 3 is 1.24 bits per heavy atom. The third kappa shape index (κ3) is 6.48. The summed E-state index contributed by atoms with van der Waals surface area (Å²) >= 11 is 0. The van der Waals surface area contributed by atoms with Crippen LogP contribution in [-0.2, 0) is 0 Å². The molecule has 3 heteroatoms. The minimum absolute atomic E-state index is 0.250. The molecule has 0 heterocycles. The van der Waals surface area contributed by atoms with Crippen molar-refractivity contribution in [1.82, 2.24) is 0 Å². The molecule has 92 valence electrons. The van der Waals surface area contributed by atoms with E-state index < -0.39 is 0 Å². The lowest BCUT2D eigenvalue weighted by molar-refractivity contribution is 0.318. The molecule has 0 spiro atoms. The number of aliphatic hydroxyl groups is 1. The maximum Gasteiger partial charge on any atom is 0.0402 e.